The molecule has 0 aromatic heterocycles. The Kier molecular flexibility index (Phi) is 6.26. The first-order valence-corrected chi connectivity index (χ1v) is 10.1. The molecule has 154 valence electrons. The van der Waals surface area contributed by atoms with Gasteiger partial charge in [0.2, 0.25) is 11.8 Å². The van der Waals surface area contributed by atoms with Crippen LogP contribution in [0.3, 0.4) is 0 Å². The molecule has 3 rings (SSSR count). The van der Waals surface area contributed by atoms with Crippen LogP contribution in [0.2, 0.25) is 0 Å². The minimum Gasteiger partial charge on any atom is -0.497 e. The van der Waals surface area contributed by atoms with Gasteiger partial charge in [0.05, 0.1) is 13.0 Å². The summed E-state index contributed by atoms with van der Waals surface area (Å²) in [6.07, 6.45) is 1.00. The lowest BCUT2D eigenvalue weighted by molar-refractivity contribution is -0.126. The summed E-state index contributed by atoms with van der Waals surface area (Å²) in [5.41, 5.74) is 3.28. The maximum atomic E-state index is 12.5. The number of ether oxygens (including phenoxy) is 1. The highest BCUT2D eigenvalue weighted by Crippen LogP contribution is 2.28. The van der Waals surface area contributed by atoms with Crippen LogP contribution in [0.25, 0.3) is 0 Å². The van der Waals surface area contributed by atoms with Crippen molar-refractivity contribution in [1.82, 2.24) is 5.32 Å². The van der Waals surface area contributed by atoms with Gasteiger partial charge in [0.25, 0.3) is 0 Å². The van der Waals surface area contributed by atoms with Crippen LogP contribution in [0, 0.1) is 5.92 Å². The molecule has 5 nitrogen and oxygen atoms in total. The summed E-state index contributed by atoms with van der Waals surface area (Å²) in [7, 11) is 1.64. The molecule has 1 aliphatic heterocycles. The van der Waals surface area contributed by atoms with Crippen LogP contribution in [-0.2, 0) is 21.4 Å². The average molecular weight is 395 g/mol. The number of anilines is 1. The third-order valence-corrected chi connectivity index (χ3v) is 5.41. The smallest absolute Gasteiger partial charge is 0.227 e. The number of benzene rings is 2. The maximum Gasteiger partial charge on any atom is 0.227 e. The van der Waals surface area contributed by atoms with E-state index in [2.05, 4.69) is 38.2 Å². The third-order valence-electron chi connectivity index (χ3n) is 5.41. The van der Waals surface area contributed by atoms with Gasteiger partial charge in [0.15, 0.2) is 0 Å². The molecule has 29 heavy (non-hydrogen) atoms. The standard InChI is InChI=1S/C24H30N2O3/c1-24(2,3)19-7-9-20(10-8-19)26-16-18(15-22(26)27)23(28)25-14-13-17-5-11-21(29-4)12-6-17/h5-12,18H,13-16H2,1-4H3,(H,25,28). The molecule has 1 atom stereocenters. The molecule has 1 saturated heterocycles. The van der Waals surface area contributed by atoms with Gasteiger partial charge < -0.3 is 15.0 Å². The van der Waals surface area contributed by atoms with E-state index in [1.165, 1.54) is 5.56 Å². The van der Waals surface area contributed by atoms with Crippen LogP contribution in [0.4, 0.5) is 5.69 Å². The predicted molar refractivity (Wildman–Crippen MR) is 115 cm³/mol. The number of amides is 2. The number of methoxy groups -OCH3 is 1. The van der Waals surface area contributed by atoms with Gasteiger partial charge in [-0.3, -0.25) is 9.59 Å². The molecule has 1 heterocycles. The first-order valence-electron chi connectivity index (χ1n) is 10.1. The molecule has 5 heteroatoms. The molecule has 0 bridgehead atoms. The largest absolute Gasteiger partial charge is 0.497 e. The summed E-state index contributed by atoms with van der Waals surface area (Å²) in [4.78, 5) is 26.7. The van der Waals surface area contributed by atoms with E-state index in [0.717, 1.165) is 23.4 Å². The van der Waals surface area contributed by atoms with E-state index < -0.39 is 0 Å². The number of hydrogen-bond acceptors (Lipinski definition) is 3. The van der Waals surface area contributed by atoms with E-state index in [-0.39, 0.29) is 29.6 Å². The van der Waals surface area contributed by atoms with Gasteiger partial charge in [-0.1, -0.05) is 45.0 Å². The molecule has 2 amide bonds. The van der Waals surface area contributed by atoms with E-state index in [1.54, 1.807) is 12.0 Å². The normalized spacial score (nSPS) is 16.8. The summed E-state index contributed by atoms with van der Waals surface area (Å²) in [5.74, 6) is 0.461. The van der Waals surface area contributed by atoms with Gasteiger partial charge in [-0.25, -0.2) is 0 Å². The Morgan fingerprint density at radius 1 is 1.10 bits per heavy atom. The Bertz CT molecular complexity index is 851. The zero-order valence-corrected chi connectivity index (χ0v) is 17.7. The molecular formula is C24H30N2O3. The monoisotopic (exact) mass is 394 g/mol. The van der Waals surface area contributed by atoms with Crippen molar-refractivity contribution in [2.45, 2.75) is 39.0 Å². The van der Waals surface area contributed by atoms with Crippen molar-refractivity contribution in [2.24, 2.45) is 5.92 Å². The molecular weight excluding hydrogens is 364 g/mol. The summed E-state index contributed by atoms with van der Waals surface area (Å²) in [5, 5.41) is 2.97. The second-order valence-corrected chi connectivity index (χ2v) is 8.59. The highest BCUT2D eigenvalue weighted by molar-refractivity contribution is 6.00. The van der Waals surface area contributed by atoms with E-state index in [1.807, 2.05) is 36.4 Å². The van der Waals surface area contributed by atoms with Crippen molar-refractivity contribution in [3.05, 3.63) is 59.7 Å². The van der Waals surface area contributed by atoms with Crippen molar-refractivity contribution < 1.29 is 14.3 Å². The lowest BCUT2D eigenvalue weighted by atomic mass is 9.87. The molecule has 2 aromatic rings. The molecule has 0 aliphatic carbocycles. The Morgan fingerprint density at radius 3 is 2.34 bits per heavy atom. The fraction of sp³-hybridized carbons (Fsp3) is 0.417. The quantitative estimate of drug-likeness (QED) is 0.813. The molecule has 0 radical (unpaired) electrons. The maximum absolute atomic E-state index is 12.5. The van der Waals surface area contributed by atoms with Crippen molar-refractivity contribution in [3.8, 4) is 5.75 Å². The van der Waals surface area contributed by atoms with Crippen LogP contribution >= 0.6 is 0 Å². The number of carbonyl (C=O) groups is 2. The number of rotatable bonds is 6. The first-order chi connectivity index (χ1) is 13.8. The lowest BCUT2D eigenvalue weighted by Crippen LogP contribution is -2.34. The SMILES string of the molecule is COc1ccc(CCNC(=O)C2CC(=O)N(c3ccc(C(C)(C)C)cc3)C2)cc1. The second-order valence-electron chi connectivity index (χ2n) is 8.59. The first kappa shape index (κ1) is 20.9. The summed E-state index contributed by atoms with van der Waals surface area (Å²) >= 11 is 0. The van der Waals surface area contributed by atoms with E-state index >= 15 is 0 Å². The molecule has 2 aromatic carbocycles. The fourth-order valence-corrected chi connectivity index (χ4v) is 3.54. The van der Waals surface area contributed by atoms with Crippen LogP contribution in [0.5, 0.6) is 5.75 Å². The van der Waals surface area contributed by atoms with E-state index in [0.29, 0.717) is 13.1 Å². The van der Waals surface area contributed by atoms with Gasteiger partial charge in [-0.2, -0.15) is 0 Å². The fourth-order valence-electron chi connectivity index (χ4n) is 3.54. The van der Waals surface area contributed by atoms with E-state index in [4.69, 9.17) is 4.74 Å². The van der Waals surface area contributed by atoms with Gasteiger partial charge in [-0.05, 0) is 47.2 Å². The van der Waals surface area contributed by atoms with Gasteiger partial charge in [-0.15, -0.1) is 0 Å². The molecule has 1 unspecified atom stereocenters. The Morgan fingerprint density at radius 2 is 1.76 bits per heavy atom. The number of carbonyl (C=O) groups excluding carboxylic acids is 2. The summed E-state index contributed by atoms with van der Waals surface area (Å²) < 4.78 is 5.15. The average Bonchev–Trinajstić information content (AvgIpc) is 3.09. The number of nitrogens with one attached hydrogen (secondary N) is 1. The van der Waals surface area contributed by atoms with Gasteiger partial charge >= 0.3 is 0 Å². The van der Waals surface area contributed by atoms with Crippen molar-refractivity contribution >= 4 is 17.5 Å². The third kappa shape index (κ3) is 5.17. The van der Waals surface area contributed by atoms with Crippen molar-refractivity contribution in [1.29, 1.82) is 0 Å². The van der Waals surface area contributed by atoms with Gasteiger partial charge in [0.1, 0.15) is 5.75 Å². The predicted octanol–water partition coefficient (Wildman–Crippen LogP) is 3.70. The highest BCUT2D eigenvalue weighted by Gasteiger charge is 2.35. The van der Waals surface area contributed by atoms with Crippen molar-refractivity contribution in [2.75, 3.05) is 25.1 Å². The molecule has 1 aliphatic rings. The Labute approximate surface area is 173 Å². The van der Waals surface area contributed by atoms with Crippen LogP contribution in [0.1, 0.15) is 38.3 Å². The zero-order chi connectivity index (χ0) is 21.0. The van der Waals surface area contributed by atoms with Crippen LogP contribution < -0.4 is 15.0 Å². The summed E-state index contributed by atoms with van der Waals surface area (Å²) in [6.45, 7) is 7.47. The topological polar surface area (TPSA) is 58.6 Å². The van der Waals surface area contributed by atoms with Crippen LogP contribution in [-0.4, -0.2) is 32.0 Å². The Hall–Kier alpha value is -2.82. The molecule has 1 N–H and O–H groups in total. The van der Waals surface area contributed by atoms with Crippen LogP contribution in [0.15, 0.2) is 48.5 Å². The molecule has 0 saturated carbocycles. The zero-order valence-electron chi connectivity index (χ0n) is 17.7. The molecule has 0 spiro atoms. The Balaban J connectivity index is 1.53. The summed E-state index contributed by atoms with van der Waals surface area (Å²) in [6, 6.07) is 15.9. The van der Waals surface area contributed by atoms with E-state index in [9.17, 15) is 9.59 Å². The highest BCUT2D eigenvalue weighted by atomic mass is 16.5. The number of hydrogen-bond donors (Lipinski definition) is 1. The molecule has 1 fully saturated rings. The van der Waals surface area contributed by atoms with Gasteiger partial charge in [0, 0.05) is 25.2 Å². The lowest BCUT2D eigenvalue weighted by Gasteiger charge is -2.21. The number of nitrogens with zero attached hydrogens (tertiary/aromatic N) is 1. The van der Waals surface area contributed by atoms with Crippen molar-refractivity contribution in [3.63, 3.8) is 0 Å². The minimum absolute atomic E-state index is 0.00353. The minimum atomic E-state index is -0.305. The second kappa shape index (κ2) is 8.68.